The topological polar surface area (TPSA) is 116 Å². The van der Waals surface area contributed by atoms with Crippen molar-refractivity contribution in [2.75, 3.05) is 5.32 Å². The van der Waals surface area contributed by atoms with Crippen LogP contribution in [0.3, 0.4) is 0 Å². The molecule has 0 radical (unpaired) electrons. The van der Waals surface area contributed by atoms with E-state index in [2.05, 4.69) is 5.32 Å². The van der Waals surface area contributed by atoms with Gasteiger partial charge in [-0.15, -0.1) is 0 Å². The molecule has 0 unspecified atom stereocenters. The van der Waals surface area contributed by atoms with E-state index in [1.165, 1.54) is 18.2 Å². The van der Waals surface area contributed by atoms with Crippen molar-refractivity contribution in [1.82, 2.24) is 0 Å². The van der Waals surface area contributed by atoms with Crippen molar-refractivity contribution in [2.24, 2.45) is 5.73 Å². The molecular weight excluding hydrogens is 366 g/mol. The van der Waals surface area contributed by atoms with Gasteiger partial charge >= 0.3 is 0 Å². The van der Waals surface area contributed by atoms with Gasteiger partial charge in [0.05, 0.1) is 6.42 Å². The van der Waals surface area contributed by atoms with Crippen molar-refractivity contribution in [2.45, 2.75) is 13.3 Å². The number of nitrogen functional groups attached to an aromatic ring is 1. The van der Waals surface area contributed by atoms with Crippen LogP contribution in [0.2, 0.25) is 0 Å². The summed E-state index contributed by atoms with van der Waals surface area (Å²) in [7, 11) is 0. The Kier molecular flexibility index (Phi) is 5.74. The first-order chi connectivity index (χ1) is 13.8. The molecule has 0 bridgehead atoms. The van der Waals surface area contributed by atoms with E-state index >= 15 is 0 Å². The fourth-order valence-electron chi connectivity index (χ4n) is 3.01. The molecular formula is C23H21N3O3. The number of phenols is 1. The Morgan fingerprint density at radius 3 is 2.38 bits per heavy atom. The lowest BCUT2D eigenvalue weighted by molar-refractivity contribution is -0.115. The Bertz CT molecular complexity index is 1090. The predicted octanol–water partition coefficient (Wildman–Crippen LogP) is 3.40. The quantitative estimate of drug-likeness (QED) is 0.295. The Morgan fingerprint density at radius 1 is 1.00 bits per heavy atom. The van der Waals surface area contributed by atoms with Gasteiger partial charge in [-0.25, -0.2) is 0 Å². The summed E-state index contributed by atoms with van der Waals surface area (Å²) in [6.07, 6.45) is -0.0727. The van der Waals surface area contributed by atoms with Crippen LogP contribution in [0.5, 0.6) is 5.75 Å². The highest BCUT2D eigenvalue weighted by atomic mass is 16.3. The van der Waals surface area contributed by atoms with Gasteiger partial charge in [0.2, 0.25) is 5.91 Å². The lowest BCUT2D eigenvalue weighted by Gasteiger charge is -2.11. The Hall–Kier alpha value is -3.93. The van der Waals surface area contributed by atoms with Crippen LogP contribution in [-0.4, -0.2) is 22.6 Å². The number of rotatable bonds is 6. The average Bonchev–Trinajstić information content (AvgIpc) is 2.69. The van der Waals surface area contributed by atoms with Crippen LogP contribution < -0.4 is 11.1 Å². The van der Waals surface area contributed by atoms with Crippen LogP contribution in [0.25, 0.3) is 0 Å². The summed E-state index contributed by atoms with van der Waals surface area (Å²) in [5.41, 5.74) is 8.75. The smallest absolute Gasteiger partial charge is 0.228 e. The molecule has 29 heavy (non-hydrogen) atoms. The summed E-state index contributed by atoms with van der Waals surface area (Å²) in [6, 6.07) is 18.6. The highest BCUT2D eigenvalue weighted by molar-refractivity contribution is 6.10. The molecule has 6 nitrogen and oxygen atoms in total. The van der Waals surface area contributed by atoms with Gasteiger partial charge in [0, 0.05) is 27.9 Å². The van der Waals surface area contributed by atoms with E-state index < -0.39 is 0 Å². The van der Waals surface area contributed by atoms with Gasteiger partial charge in [-0.2, -0.15) is 0 Å². The number of phenolic OH excluding ortho intramolecular Hbond substituents is 1. The Balaban J connectivity index is 1.73. The molecule has 0 saturated heterocycles. The maximum Gasteiger partial charge on any atom is 0.228 e. The third kappa shape index (κ3) is 4.68. The van der Waals surface area contributed by atoms with E-state index in [1.54, 1.807) is 30.3 Å². The van der Waals surface area contributed by atoms with E-state index in [0.29, 0.717) is 27.9 Å². The average molecular weight is 387 g/mol. The van der Waals surface area contributed by atoms with Gasteiger partial charge in [-0.1, -0.05) is 30.3 Å². The number of benzene rings is 3. The maximum atomic E-state index is 12.6. The number of aryl methyl sites for hydroxylation is 1. The van der Waals surface area contributed by atoms with Gasteiger partial charge in [-0.05, 0) is 48.9 Å². The number of aromatic hydroxyl groups is 1. The number of carbonyl (C=O) groups is 2. The van der Waals surface area contributed by atoms with Crippen LogP contribution >= 0.6 is 0 Å². The zero-order chi connectivity index (χ0) is 21.0. The van der Waals surface area contributed by atoms with E-state index in [0.717, 1.165) is 5.56 Å². The number of amides is 1. The third-order valence-electron chi connectivity index (χ3n) is 4.53. The third-order valence-corrected chi connectivity index (χ3v) is 4.53. The monoisotopic (exact) mass is 387 g/mol. The van der Waals surface area contributed by atoms with Crippen LogP contribution in [0, 0.1) is 12.3 Å². The Labute approximate surface area is 168 Å². The molecule has 146 valence electrons. The van der Waals surface area contributed by atoms with Crippen LogP contribution in [0.15, 0.2) is 66.7 Å². The number of ketones is 1. The van der Waals surface area contributed by atoms with Crippen molar-refractivity contribution in [3.8, 4) is 5.75 Å². The lowest BCUT2D eigenvalue weighted by atomic mass is 9.98. The SMILES string of the molecule is Cc1cc(NC(=O)Cc2cc(C(=N)N)ccc2O)ccc1C(=O)c1ccccc1. The second kappa shape index (κ2) is 8.39. The molecule has 0 heterocycles. The largest absolute Gasteiger partial charge is 0.508 e. The number of hydrogen-bond acceptors (Lipinski definition) is 4. The summed E-state index contributed by atoms with van der Waals surface area (Å²) in [5.74, 6) is -0.583. The van der Waals surface area contributed by atoms with Crippen LogP contribution in [0.1, 0.15) is 32.6 Å². The molecule has 0 aliphatic rings. The zero-order valence-electron chi connectivity index (χ0n) is 15.9. The summed E-state index contributed by atoms with van der Waals surface area (Å²) in [4.78, 5) is 25.0. The molecule has 6 heteroatoms. The Morgan fingerprint density at radius 2 is 1.72 bits per heavy atom. The molecule has 5 N–H and O–H groups in total. The summed E-state index contributed by atoms with van der Waals surface area (Å²) >= 11 is 0. The standard InChI is InChI=1S/C23H21N3O3/c1-14-11-18(8-9-19(14)22(29)15-5-3-2-4-6-15)26-21(28)13-17-12-16(23(24)25)7-10-20(17)27/h2-12,27H,13H2,1H3,(H3,24,25)(H,26,28). The van der Waals surface area contributed by atoms with Gasteiger partial charge in [0.15, 0.2) is 5.78 Å². The number of anilines is 1. The lowest BCUT2D eigenvalue weighted by Crippen LogP contribution is -2.16. The number of amidine groups is 1. The van der Waals surface area contributed by atoms with E-state index in [-0.39, 0.29) is 29.7 Å². The molecule has 0 atom stereocenters. The van der Waals surface area contributed by atoms with Crippen molar-refractivity contribution < 1.29 is 14.7 Å². The van der Waals surface area contributed by atoms with Gasteiger partial charge < -0.3 is 16.2 Å². The number of nitrogens with one attached hydrogen (secondary N) is 2. The molecule has 0 aromatic heterocycles. The summed E-state index contributed by atoms with van der Waals surface area (Å²) < 4.78 is 0. The maximum absolute atomic E-state index is 12.6. The van der Waals surface area contributed by atoms with Crippen molar-refractivity contribution in [3.63, 3.8) is 0 Å². The molecule has 3 aromatic carbocycles. The van der Waals surface area contributed by atoms with Gasteiger partial charge in [-0.3, -0.25) is 15.0 Å². The second-order valence-corrected chi connectivity index (χ2v) is 6.71. The highest BCUT2D eigenvalue weighted by Crippen LogP contribution is 2.21. The molecule has 1 amide bonds. The van der Waals surface area contributed by atoms with E-state index in [9.17, 15) is 14.7 Å². The normalized spacial score (nSPS) is 10.4. The van der Waals surface area contributed by atoms with Crippen LogP contribution in [0.4, 0.5) is 5.69 Å². The van der Waals surface area contributed by atoms with Gasteiger partial charge in [0.1, 0.15) is 11.6 Å². The molecule has 0 aliphatic carbocycles. The fraction of sp³-hybridized carbons (Fsp3) is 0.0870. The first-order valence-corrected chi connectivity index (χ1v) is 9.01. The number of carbonyl (C=O) groups excluding carboxylic acids is 2. The molecule has 0 spiro atoms. The second-order valence-electron chi connectivity index (χ2n) is 6.71. The van der Waals surface area contributed by atoms with Gasteiger partial charge in [0.25, 0.3) is 0 Å². The fourth-order valence-corrected chi connectivity index (χ4v) is 3.01. The van der Waals surface area contributed by atoms with Crippen molar-refractivity contribution in [1.29, 1.82) is 5.41 Å². The minimum atomic E-state index is -0.331. The highest BCUT2D eigenvalue weighted by Gasteiger charge is 2.14. The van der Waals surface area contributed by atoms with Crippen molar-refractivity contribution in [3.05, 3.63) is 94.5 Å². The predicted molar refractivity (Wildman–Crippen MR) is 113 cm³/mol. The first kappa shape index (κ1) is 19.8. The number of hydrogen-bond donors (Lipinski definition) is 4. The van der Waals surface area contributed by atoms with Crippen LogP contribution in [-0.2, 0) is 11.2 Å². The number of nitrogens with two attached hydrogens (primary N) is 1. The molecule has 3 aromatic rings. The minimum Gasteiger partial charge on any atom is -0.508 e. The van der Waals surface area contributed by atoms with Crippen molar-refractivity contribution >= 4 is 23.2 Å². The molecule has 0 saturated carbocycles. The molecule has 0 aliphatic heterocycles. The summed E-state index contributed by atoms with van der Waals surface area (Å²) in [5, 5.41) is 20.2. The minimum absolute atomic E-state index is 0.0369. The van der Waals surface area contributed by atoms with E-state index in [1.807, 2.05) is 25.1 Å². The first-order valence-electron chi connectivity index (χ1n) is 9.01. The molecule has 0 fully saturated rings. The zero-order valence-corrected chi connectivity index (χ0v) is 15.9. The molecule has 3 rings (SSSR count). The van der Waals surface area contributed by atoms with E-state index in [4.69, 9.17) is 11.1 Å². The summed E-state index contributed by atoms with van der Waals surface area (Å²) in [6.45, 7) is 1.81.